The minimum Gasteiger partial charge on any atom is -0.445 e. The molecule has 0 saturated carbocycles. The summed E-state index contributed by atoms with van der Waals surface area (Å²) < 4.78 is 37.3. The molecule has 0 amide bonds. The summed E-state index contributed by atoms with van der Waals surface area (Å²) in [6.07, 6.45) is 3.15. The highest BCUT2D eigenvalue weighted by atomic mass is 19.4. The van der Waals surface area contributed by atoms with Gasteiger partial charge in [0.25, 0.3) is 0 Å². The molecule has 1 atom stereocenters. The summed E-state index contributed by atoms with van der Waals surface area (Å²) in [5.41, 5.74) is -0.562. The van der Waals surface area contributed by atoms with Crippen LogP contribution in [0.5, 0.6) is 0 Å². The fourth-order valence-electron chi connectivity index (χ4n) is 2.40. The topological polar surface area (TPSA) is 3.24 Å². The van der Waals surface area contributed by atoms with E-state index in [1.807, 2.05) is 4.90 Å². The van der Waals surface area contributed by atoms with Crippen LogP contribution in [0.15, 0.2) is 12.1 Å². The van der Waals surface area contributed by atoms with Gasteiger partial charge in [-0.05, 0) is 50.7 Å². The second-order valence-corrected chi connectivity index (χ2v) is 5.44. The molecule has 0 radical (unpaired) electrons. The number of rotatable bonds is 4. The van der Waals surface area contributed by atoms with E-state index in [0.29, 0.717) is 11.8 Å². The molecular formula is C12H22BF3N-. The first-order valence-corrected chi connectivity index (χ1v) is 6.40. The number of hydrogen-bond acceptors (Lipinski definition) is 1. The molecule has 0 aromatic rings. The Morgan fingerprint density at radius 2 is 1.94 bits per heavy atom. The predicted molar refractivity (Wildman–Crippen MR) is 66.8 cm³/mol. The van der Waals surface area contributed by atoms with Gasteiger partial charge in [-0.15, -0.1) is 12.1 Å². The van der Waals surface area contributed by atoms with E-state index in [1.54, 1.807) is 0 Å². The van der Waals surface area contributed by atoms with Crippen LogP contribution in [-0.4, -0.2) is 31.5 Å². The highest BCUT2D eigenvalue weighted by molar-refractivity contribution is 6.66. The van der Waals surface area contributed by atoms with Crippen LogP contribution in [0.4, 0.5) is 12.9 Å². The lowest BCUT2D eigenvalue weighted by atomic mass is 9.80. The van der Waals surface area contributed by atoms with E-state index >= 15 is 0 Å². The molecule has 1 rings (SSSR count). The molecule has 0 spiro atoms. The van der Waals surface area contributed by atoms with E-state index < -0.39 is 12.4 Å². The van der Waals surface area contributed by atoms with Crippen LogP contribution in [0, 0.1) is 11.8 Å². The van der Waals surface area contributed by atoms with Crippen LogP contribution in [0.2, 0.25) is 0 Å². The Morgan fingerprint density at radius 3 is 2.47 bits per heavy atom. The molecule has 1 saturated heterocycles. The lowest BCUT2D eigenvalue weighted by Crippen LogP contribution is -2.33. The molecule has 0 N–H and O–H groups in total. The average Bonchev–Trinajstić information content (AvgIpc) is 2.41. The Hall–Kier alpha value is -0.445. The Kier molecular flexibility index (Phi) is 5.11. The standard InChI is InChI=1S/C12H22BF3N/c1-10(2)12-5-4-7-17(8-6-12)9-11(3)13(14,15)16/h10,12H,3-9H2,1-2H3/q-1. The summed E-state index contributed by atoms with van der Waals surface area (Å²) in [7, 11) is 0. The zero-order valence-electron chi connectivity index (χ0n) is 10.8. The lowest BCUT2D eigenvalue weighted by Gasteiger charge is -2.26. The SMILES string of the molecule is C=C(CN1CCCC(C(C)C)CC1)[B-](F)(F)F. The van der Waals surface area contributed by atoms with Gasteiger partial charge in [0.1, 0.15) is 0 Å². The van der Waals surface area contributed by atoms with Gasteiger partial charge in [0.2, 0.25) is 0 Å². The molecule has 1 nitrogen and oxygen atoms in total. The van der Waals surface area contributed by atoms with Crippen molar-refractivity contribution < 1.29 is 12.9 Å². The molecule has 5 heteroatoms. The maximum atomic E-state index is 12.4. The minimum absolute atomic E-state index is 0.00564. The summed E-state index contributed by atoms with van der Waals surface area (Å²) in [5, 5.41) is 0. The molecule has 1 fully saturated rings. The van der Waals surface area contributed by atoms with E-state index in [2.05, 4.69) is 20.4 Å². The van der Waals surface area contributed by atoms with E-state index in [0.717, 1.165) is 32.4 Å². The summed E-state index contributed by atoms with van der Waals surface area (Å²) in [4.78, 5) is 1.90. The third-order valence-corrected chi connectivity index (χ3v) is 3.70. The van der Waals surface area contributed by atoms with E-state index in [1.165, 1.54) is 0 Å². The summed E-state index contributed by atoms with van der Waals surface area (Å²) >= 11 is 0. The first kappa shape index (κ1) is 14.6. The minimum atomic E-state index is -4.87. The van der Waals surface area contributed by atoms with Gasteiger partial charge < -0.3 is 17.8 Å². The Morgan fingerprint density at radius 1 is 1.29 bits per heavy atom. The Bertz CT molecular complexity index is 263. The van der Waals surface area contributed by atoms with E-state index in [9.17, 15) is 12.9 Å². The molecule has 1 aliphatic rings. The highest BCUT2D eigenvalue weighted by Crippen LogP contribution is 2.26. The van der Waals surface area contributed by atoms with Crippen LogP contribution < -0.4 is 0 Å². The van der Waals surface area contributed by atoms with Crippen molar-refractivity contribution in [1.29, 1.82) is 0 Å². The zero-order chi connectivity index (χ0) is 13.1. The van der Waals surface area contributed by atoms with Crippen molar-refractivity contribution in [3.63, 3.8) is 0 Å². The molecule has 0 aromatic heterocycles. The van der Waals surface area contributed by atoms with Crippen molar-refractivity contribution in [2.45, 2.75) is 33.1 Å². The zero-order valence-corrected chi connectivity index (χ0v) is 10.8. The number of likely N-dealkylation sites (tertiary alicyclic amines) is 1. The Balaban J connectivity index is 2.44. The fourth-order valence-corrected chi connectivity index (χ4v) is 2.40. The monoisotopic (exact) mass is 248 g/mol. The van der Waals surface area contributed by atoms with Crippen LogP contribution in [-0.2, 0) is 0 Å². The van der Waals surface area contributed by atoms with Crippen LogP contribution in [0.1, 0.15) is 33.1 Å². The predicted octanol–water partition coefficient (Wildman–Crippen LogP) is 3.69. The highest BCUT2D eigenvalue weighted by Gasteiger charge is 2.28. The molecule has 1 unspecified atom stereocenters. The summed E-state index contributed by atoms with van der Waals surface area (Å²) in [6.45, 7) is 4.22. The van der Waals surface area contributed by atoms with E-state index in [4.69, 9.17) is 0 Å². The summed E-state index contributed by atoms with van der Waals surface area (Å²) in [5.74, 6) is 1.29. The third-order valence-electron chi connectivity index (χ3n) is 3.70. The summed E-state index contributed by atoms with van der Waals surface area (Å²) in [6, 6.07) is 0. The number of nitrogens with zero attached hydrogens (tertiary/aromatic N) is 1. The molecule has 0 aromatic carbocycles. The van der Waals surface area contributed by atoms with Gasteiger partial charge in [0.15, 0.2) is 0 Å². The van der Waals surface area contributed by atoms with Crippen LogP contribution in [0.3, 0.4) is 0 Å². The van der Waals surface area contributed by atoms with Crippen molar-refractivity contribution in [3.05, 3.63) is 12.1 Å². The first-order valence-electron chi connectivity index (χ1n) is 6.40. The maximum absolute atomic E-state index is 12.4. The molecule has 0 bridgehead atoms. The lowest BCUT2D eigenvalue weighted by molar-refractivity contribution is 0.289. The van der Waals surface area contributed by atoms with Crippen molar-refractivity contribution in [2.24, 2.45) is 11.8 Å². The van der Waals surface area contributed by atoms with E-state index in [-0.39, 0.29) is 6.54 Å². The molecule has 100 valence electrons. The van der Waals surface area contributed by atoms with Gasteiger partial charge in [-0.1, -0.05) is 13.8 Å². The molecular weight excluding hydrogens is 226 g/mol. The van der Waals surface area contributed by atoms with Crippen molar-refractivity contribution in [3.8, 4) is 0 Å². The first-order chi connectivity index (χ1) is 7.80. The quantitative estimate of drug-likeness (QED) is 0.686. The smallest absolute Gasteiger partial charge is 0.445 e. The van der Waals surface area contributed by atoms with Crippen LogP contribution in [0.25, 0.3) is 0 Å². The van der Waals surface area contributed by atoms with Crippen molar-refractivity contribution in [1.82, 2.24) is 4.90 Å². The normalized spacial score (nSPS) is 23.8. The third kappa shape index (κ3) is 4.74. The fraction of sp³-hybridized carbons (Fsp3) is 0.833. The Labute approximate surface area is 102 Å². The maximum Gasteiger partial charge on any atom is 0.506 e. The number of halogens is 3. The van der Waals surface area contributed by atoms with Crippen LogP contribution >= 0.6 is 0 Å². The molecule has 1 aliphatic heterocycles. The molecule has 17 heavy (non-hydrogen) atoms. The second kappa shape index (κ2) is 5.94. The van der Waals surface area contributed by atoms with Crippen molar-refractivity contribution >= 4 is 6.98 Å². The van der Waals surface area contributed by atoms with Crippen molar-refractivity contribution in [2.75, 3.05) is 19.6 Å². The van der Waals surface area contributed by atoms with Gasteiger partial charge in [-0.2, -0.15) is 0 Å². The van der Waals surface area contributed by atoms with Gasteiger partial charge >= 0.3 is 6.98 Å². The largest absolute Gasteiger partial charge is 0.506 e. The van der Waals surface area contributed by atoms with Gasteiger partial charge in [0.05, 0.1) is 0 Å². The van der Waals surface area contributed by atoms with Gasteiger partial charge in [-0.25, -0.2) is 0 Å². The second-order valence-electron chi connectivity index (χ2n) is 5.44. The van der Waals surface area contributed by atoms with Gasteiger partial charge in [0, 0.05) is 0 Å². The average molecular weight is 248 g/mol. The molecule has 1 heterocycles. The van der Waals surface area contributed by atoms with Gasteiger partial charge in [-0.3, -0.25) is 0 Å². The molecule has 0 aliphatic carbocycles. The number of hydrogen-bond donors (Lipinski definition) is 0.